The van der Waals surface area contributed by atoms with Gasteiger partial charge in [-0.2, -0.15) is 13.2 Å². The quantitative estimate of drug-likeness (QED) is 0.739. The molecule has 0 spiro atoms. The second kappa shape index (κ2) is 10.5. The molecule has 0 unspecified atom stereocenters. The summed E-state index contributed by atoms with van der Waals surface area (Å²) in [5, 5.41) is 7.12. The van der Waals surface area contributed by atoms with Crippen LogP contribution in [0.15, 0.2) is 24.5 Å². The van der Waals surface area contributed by atoms with E-state index in [4.69, 9.17) is 19.4 Å². The molecule has 2 aliphatic rings. The standard InChI is InChI=1S/C17H23N3O4.C2HF3O2/c1-19(2)15(21)11-24-14-4-3-13-16(14)23-10-9-20(13)17(22)12-5-7-18-8-6-12;3-2(4,5)1(6)7/h5-8,13-14,16H,3-4,9-11H2,1-2H3;(H,6,7)/t13-,14+,16+;/m0./s1. The number of halogens is 3. The van der Waals surface area contributed by atoms with Gasteiger partial charge in [0, 0.05) is 38.6 Å². The maximum atomic E-state index is 12.7. The minimum atomic E-state index is -5.08. The van der Waals surface area contributed by atoms with Gasteiger partial charge in [-0.15, -0.1) is 0 Å². The summed E-state index contributed by atoms with van der Waals surface area (Å²) in [7, 11) is 3.41. The van der Waals surface area contributed by atoms with Crippen LogP contribution < -0.4 is 0 Å². The lowest BCUT2D eigenvalue weighted by Gasteiger charge is -2.39. The van der Waals surface area contributed by atoms with Crippen molar-refractivity contribution in [1.82, 2.24) is 14.8 Å². The number of aromatic nitrogens is 1. The number of carbonyl (C=O) groups is 3. The van der Waals surface area contributed by atoms with Crippen molar-refractivity contribution in [2.45, 2.75) is 37.3 Å². The molecule has 0 bridgehead atoms. The highest BCUT2D eigenvalue weighted by Gasteiger charge is 2.45. The molecule has 0 aromatic carbocycles. The third kappa shape index (κ3) is 6.62. The van der Waals surface area contributed by atoms with E-state index in [0.29, 0.717) is 18.7 Å². The molecular weight excluding hydrogens is 423 g/mol. The normalized spacial score (nSPS) is 22.7. The molecule has 1 aromatic rings. The summed E-state index contributed by atoms with van der Waals surface area (Å²) in [5.41, 5.74) is 0.637. The summed E-state index contributed by atoms with van der Waals surface area (Å²) < 4.78 is 43.4. The summed E-state index contributed by atoms with van der Waals surface area (Å²) in [6.45, 7) is 1.10. The zero-order valence-corrected chi connectivity index (χ0v) is 17.0. The van der Waals surface area contributed by atoms with Crippen molar-refractivity contribution in [1.29, 1.82) is 0 Å². The maximum absolute atomic E-state index is 12.7. The molecule has 1 aliphatic carbocycles. The van der Waals surface area contributed by atoms with Crippen molar-refractivity contribution in [2.75, 3.05) is 33.9 Å². The fourth-order valence-corrected chi connectivity index (χ4v) is 3.31. The van der Waals surface area contributed by atoms with Gasteiger partial charge >= 0.3 is 12.1 Å². The first-order valence-electron chi connectivity index (χ1n) is 9.46. The number of carboxylic acids is 1. The third-order valence-corrected chi connectivity index (χ3v) is 4.89. The van der Waals surface area contributed by atoms with Gasteiger partial charge in [0.25, 0.3) is 5.91 Å². The lowest BCUT2D eigenvalue weighted by Crippen LogP contribution is -2.54. The van der Waals surface area contributed by atoms with Gasteiger partial charge in [-0.1, -0.05) is 0 Å². The lowest BCUT2D eigenvalue weighted by molar-refractivity contribution is -0.192. The molecule has 3 atom stereocenters. The van der Waals surface area contributed by atoms with Crippen molar-refractivity contribution in [3.8, 4) is 0 Å². The van der Waals surface area contributed by atoms with E-state index in [1.165, 1.54) is 4.90 Å². The van der Waals surface area contributed by atoms with E-state index in [0.717, 1.165) is 12.8 Å². The molecule has 3 rings (SSSR count). The number of pyridine rings is 1. The maximum Gasteiger partial charge on any atom is 0.490 e. The molecule has 1 aromatic heterocycles. The monoisotopic (exact) mass is 447 g/mol. The number of rotatable bonds is 4. The van der Waals surface area contributed by atoms with Crippen LogP contribution in [0.4, 0.5) is 13.2 Å². The molecule has 2 fully saturated rings. The van der Waals surface area contributed by atoms with Crippen LogP contribution in [-0.4, -0.2) is 96.0 Å². The average molecular weight is 447 g/mol. The number of nitrogens with zero attached hydrogens (tertiary/aromatic N) is 3. The van der Waals surface area contributed by atoms with E-state index in [1.807, 2.05) is 4.90 Å². The first-order chi connectivity index (χ1) is 14.5. The SMILES string of the molecule is CN(C)C(=O)CO[C@@H]1CC[C@H]2[C@H]1OCCN2C(=O)c1ccncc1.O=C(O)C(F)(F)F. The predicted molar refractivity (Wildman–Crippen MR) is 100 cm³/mol. The van der Waals surface area contributed by atoms with Crippen LogP contribution in [-0.2, 0) is 19.1 Å². The number of alkyl halides is 3. The number of carboxylic acid groups (broad SMARTS) is 1. The smallest absolute Gasteiger partial charge is 0.475 e. The molecule has 2 amide bonds. The van der Waals surface area contributed by atoms with Gasteiger partial charge in [-0.25, -0.2) is 4.79 Å². The van der Waals surface area contributed by atoms with Crippen molar-refractivity contribution in [3.63, 3.8) is 0 Å². The van der Waals surface area contributed by atoms with Crippen LogP contribution in [0.3, 0.4) is 0 Å². The van der Waals surface area contributed by atoms with Gasteiger partial charge in [0.1, 0.15) is 12.7 Å². The summed E-state index contributed by atoms with van der Waals surface area (Å²) in [6.07, 6.45) is -0.540. The van der Waals surface area contributed by atoms with Crippen LogP contribution in [0.1, 0.15) is 23.2 Å². The summed E-state index contributed by atoms with van der Waals surface area (Å²) in [4.78, 5) is 40.7. The van der Waals surface area contributed by atoms with E-state index < -0.39 is 12.1 Å². The number of aliphatic carboxylic acids is 1. The number of fused-ring (bicyclic) bond motifs is 1. The zero-order chi connectivity index (χ0) is 23.2. The minimum absolute atomic E-state index is 0.000665. The van der Waals surface area contributed by atoms with Gasteiger partial charge < -0.3 is 24.4 Å². The average Bonchev–Trinajstić information content (AvgIpc) is 3.15. The van der Waals surface area contributed by atoms with Gasteiger partial charge in [0.05, 0.1) is 18.8 Å². The topological polar surface area (TPSA) is 109 Å². The Hall–Kier alpha value is -2.73. The molecule has 0 radical (unpaired) electrons. The number of ether oxygens (including phenoxy) is 2. The molecular formula is C19H24F3N3O6. The number of hydrogen-bond donors (Lipinski definition) is 1. The van der Waals surface area contributed by atoms with E-state index in [2.05, 4.69) is 4.98 Å². The second-order valence-corrected chi connectivity index (χ2v) is 7.16. The minimum Gasteiger partial charge on any atom is -0.475 e. The fraction of sp³-hybridized carbons (Fsp3) is 0.579. The Morgan fingerprint density at radius 1 is 1.26 bits per heavy atom. The Morgan fingerprint density at radius 3 is 2.42 bits per heavy atom. The molecule has 1 N–H and O–H groups in total. The molecule has 31 heavy (non-hydrogen) atoms. The molecule has 1 saturated heterocycles. The number of hydrogen-bond acceptors (Lipinski definition) is 6. The van der Waals surface area contributed by atoms with Crippen molar-refractivity contribution >= 4 is 17.8 Å². The Labute approximate surface area is 176 Å². The van der Waals surface area contributed by atoms with Crippen molar-refractivity contribution < 1.29 is 42.1 Å². The van der Waals surface area contributed by atoms with Crippen LogP contribution >= 0.6 is 0 Å². The molecule has 1 aliphatic heterocycles. The highest BCUT2D eigenvalue weighted by molar-refractivity contribution is 5.94. The number of amides is 2. The van der Waals surface area contributed by atoms with Crippen LogP contribution in [0, 0.1) is 0 Å². The van der Waals surface area contributed by atoms with E-state index in [9.17, 15) is 22.8 Å². The second-order valence-electron chi connectivity index (χ2n) is 7.16. The highest BCUT2D eigenvalue weighted by Crippen LogP contribution is 2.33. The first kappa shape index (κ1) is 24.5. The Balaban J connectivity index is 0.000000423. The van der Waals surface area contributed by atoms with E-state index >= 15 is 0 Å². The number of morpholine rings is 1. The van der Waals surface area contributed by atoms with Crippen molar-refractivity contribution in [3.05, 3.63) is 30.1 Å². The Morgan fingerprint density at radius 2 is 1.87 bits per heavy atom. The highest BCUT2D eigenvalue weighted by atomic mass is 19.4. The van der Waals surface area contributed by atoms with E-state index in [1.54, 1.807) is 38.6 Å². The van der Waals surface area contributed by atoms with Gasteiger partial charge in [0.15, 0.2) is 0 Å². The van der Waals surface area contributed by atoms with Crippen LogP contribution in [0.5, 0.6) is 0 Å². The largest absolute Gasteiger partial charge is 0.490 e. The van der Waals surface area contributed by atoms with E-state index in [-0.39, 0.29) is 36.7 Å². The van der Waals surface area contributed by atoms with Gasteiger partial charge in [-0.3, -0.25) is 14.6 Å². The van der Waals surface area contributed by atoms with Gasteiger partial charge in [-0.05, 0) is 25.0 Å². The number of carbonyl (C=O) groups excluding carboxylic acids is 2. The summed E-state index contributed by atoms with van der Waals surface area (Å²) >= 11 is 0. The first-order valence-corrected chi connectivity index (χ1v) is 9.46. The zero-order valence-electron chi connectivity index (χ0n) is 17.0. The molecule has 172 valence electrons. The third-order valence-electron chi connectivity index (χ3n) is 4.89. The lowest BCUT2D eigenvalue weighted by atomic mass is 10.1. The Bertz CT molecular complexity index is 775. The molecule has 2 heterocycles. The summed E-state index contributed by atoms with van der Waals surface area (Å²) in [6, 6.07) is 3.45. The summed E-state index contributed by atoms with van der Waals surface area (Å²) in [5.74, 6) is -2.83. The van der Waals surface area contributed by atoms with Crippen molar-refractivity contribution in [2.24, 2.45) is 0 Å². The fourth-order valence-electron chi connectivity index (χ4n) is 3.31. The predicted octanol–water partition coefficient (Wildman–Crippen LogP) is 1.19. The molecule has 1 saturated carbocycles. The number of likely N-dealkylation sites (N-methyl/N-ethyl adjacent to an activating group) is 1. The van der Waals surface area contributed by atoms with Crippen LogP contribution in [0.25, 0.3) is 0 Å². The molecule has 12 heteroatoms. The Kier molecular flexibility index (Phi) is 8.34. The van der Waals surface area contributed by atoms with Crippen LogP contribution in [0.2, 0.25) is 0 Å². The molecule has 9 nitrogen and oxygen atoms in total. The van der Waals surface area contributed by atoms with Gasteiger partial charge in [0.2, 0.25) is 5.91 Å².